The molecule has 1 rings (SSSR count). The fraction of sp³-hybridized carbons (Fsp3) is 0.462. The molecule has 0 bridgehead atoms. The van der Waals surface area contributed by atoms with Crippen molar-refractivity contribution < 1.29 is 19.2 Å². The Balaban J connectivity index is 2.56. The number of benzene rings is 1. The van der Waals surface area contributed by atoms with Crippen molar-refractivity contribution >= 4 is 23.3 Å². The number of carbonyl (C=O) groups is 1. The number of nitro benzene ring substituents is 1. The second-order valence-corrected chi connectivity index (χ2v) is 4.40. The van der Waals surface area contributed by atoms with Crippen LogP contribution in [0.2, 0.25) is 5.02 Å². The van der Waals surface area contributed by atoms with Crippen molar-refractivity contribution in [3.63, 3.8) is 0 Å². The summed E-state index contributed by atoms with van der Waals surface area (Å²) >= 11 is 5.71. The highest BCUT2D eigenvalue weighted by Crippen LogP contribution is 2.28. The normalized spacial score (nSPS) is 10.3. The van der Waals surface area contributed by atoms with E-state index in [1.807, 2.05) is 6.92 Å². The first-order valence-corrected chi connectivity index (χ1v) is 6.63. The summed E-state index contributed by atoms with van der Waals surface area (Å²) in [4.78, 5) is 22.0. The van der Waals surface area contributed by atoms with Gasteiger partial charge in [0, 0.05) is 6.61 Å². The van der Waals surface area contributed by atoms with Crippen molar-refractivity contribution in [3.05, 3.63) is 38.9 Å². The van der Waals surface area contributed by atoms with Crippen LogP contribution in [0, 0.1) is 10.1 Å². The third-order valence-corrected chi connectivity index (χ3v) is 2.80. The molecule has 0 aliphatic rings. The zero-order valence-electron chi connectivity index (χ0n) is 11.1. The van der Waals surface area contributed by atoms with E-state index in [1.165, 1.54) is 18.2 Å². The number of esters is 1. The first-order valence-electron chi connectivity index (χ1n) is 6.25. The summed E-state index contributed by atoms with van der Waals surface area (Å²) in [5, 5.41) is 10.8. The smallest absolute Gasteiger partial charge is 0.345 e. The van der Waals surface area contributed by atoms with Crippen LogP contribution in [0.1, 0.15) is 30.1 Å². The van der Waals surface area contributed by atoms with E-state index in [2.05, 4.69) is 0 Å². The number of unbranched alkanes of at least 4 members (excludes halogenated alkanes) is 1. The molecule has 0 amide bonds. The molecule has 0 unspecified atom stereocenters. The van der Waals surface area contributed by atoms with Crippen molar-refractivity contribution in [2.45, 2.75) is 19.8 Å². The van der Waals surface area contributed by atoms with Gasteiger partial charge in [0.2, 0.25) is 0 Å². The van der Waals surface area contributed by atoms with Crippen molar-refractivity contribution in [3.8, 4) is 0 Å². The van der Waals surface area contributed by atoms with Gasteiger partial charge in [-0.1, -0.05) is 31.0 Å². The minimum atomic E-state index is -0.779. The van der Waals surface area contributed by atoms with Gasteiger partial charge < -0.3 is 9.47 Å². The first-order chi connectivity index (χ1) is 9.57. The lowest BCUT2D eigenvalue weighted by molar-refractivity contribution is -0.385. The third-order valence-electron chi connectivity index (χ3n) is 2.49. The minimum absolute atomic E-state index is 0.0478. The summed E-state index contributed by atoms with van der Waals surface area (Å²) in [7, 11) is 0. The number of carbonyl (C=O) groups excluding carboxylic acids is 1. The average Bonchev–Trinajstić information content (AvgIpc) is 2.41. The molecule has 0 aliphatic carbocycles. The van der Waals surface area contributed by atoms with Gasteiger partial charge >= 0.3 is 11.7 Å². The molecule has 0 fully saturated rings. The van der Waals surface area contributed by atoms with E-state index >= 15 is 0 Å². The molecular weight excluding hydrogens is 286 g/mol. The van der Waals surface area contributed by atoms with E-state index in [4.69, 9.17) is 21.1 Å². The van der Waals surface area contributed by atoms with Crippen LogP contribution in [0.4, 0.5) is 5.69 Å². The molecule has 0 radical (unpaired) electrons. The molecule has 0 saturated heterocycles. The van der Waals surface area contributed by atoms with Crippen LogP contribution < -0.4 is 0 Å². The number of hydrogen-bond acceptors (Lipinski definition) is 5. The van der Waals surface area contributed by atoms with Crippen LogP contribution in [0.15, 0.2) is 18.2 Å². The quantitative estimate of drug-likeness (QED) is 0.319. The van der Waals surface area contributed by atoms with Crippen LogP contribution >= 0.6 is 11.6 Å². The molecule has 0 atom stereocenters. The van der Waals surface area contributed by atoms with Gasteiger partial charge in [0.15, 0.2) is 0 Å². The van der Waals surface area contributed by atoms with Crippen molar-refractivity contribution in [2.75, 3.05) is 19.8 Å². The van der Waals surface area contributed by atoms with E-state index in [-0.39, 0.29) is 23.8 Å². The largest absolute Gasteiger partial charge is 0.459 e. The lowest BCUT2D eigenvalue weighted by Gasteiger charge is -2.06. The predicted octanol–water partition coefficient (Wildman–Crippen LogP) is 3.22. The highest BCUT2D eigenvalue weighted by molar-refractivity contribution is 6.33. The van der Waals surface area contributed by atoms with Gasteiger partial charge in [-0.15, -0.1) is 0 Å². The Kier molecular flexibility index (Phi) is 6.97. The van der Waals surface area contributed by atoms with Crippen molar-refractivity contribution in [1.29, 1.82) is 0 Å². The lowest BCUT2D eigenvalue weighted by atomic mass is 10.2. The number of hydrogen-bond donors (Lipinski definition) is 0. The van der Waals surface area contributed by atoms with E-state index in [1.54, 1.807) is 0 Å². The second-order valence-electron chi connectivity index (χ2n) is 3.99. The fourth-order valence-corrected chi connectivity index (χ4v) is 1.73. The highest BCUT2D eigenvalue weighted by Gasteiger charge is 2.24. The maximum atomic E-state index is 11.8. The molecular formula is C13H16ClNO5. The van der Waals surface area contributed by atoms with Gasteiger partial charge in [0.25, 0.3) is 0 Å². The Morgan fingerprint density at radius 3 is 2.75 bits per heavy atom. The summed E-state index contributed by atoms with van der Waals surface area (Å²) in [5.41, 5.74) is -0.595. The molecule has 1 aromatic carbocycles. The number of halogens is 1. The molecule has 20 heavy (non-hydrogen) atoms. The van der Waals surface area contributed by atoms with E-state index in [9.17, 15) is 14.9 Å². The fourth-order valence-electron chi connectivity index (χ4n) is 1.49. The van der Waals surface area contributed by atoms with E-state index in [0.717, 1.165) is 12.8 Å². The number of ether oxygens (including phenoxy) is 2. The van der Waals surface area contributed by atoms with Crippen LogP contribution in [0.3, 0.4) is 0 Å². The topological polar surface area (TPSA) is 78.7 Å². The van der Waals surface area contributed by atoms with Crippen LogP contribution in [-0.4, -0.2) is 30.7 Å². The Bertz CT molecular complexity index is 478. The maximum absolute atomic E-state index is 11.8. The number of nitrogens with zero attached hydrogens (tertiary/aromatic N) is 1. The Hall–Kier alpha value is -1.66. The van der Waals surface area contributed by atoms with Gasteiger partial charge in [0.1, 0.15) is 17.2 Å². The number of nitro groups is 1. The maximum Gasteiger partial charge on any atom is 0.345 e. The number of para-hydroxylation sites is 1. The molecule has 0 heterocycles. The zero-order valence-corrected chi connectivity index (χ0v) is 11.9. The van der Waals surface area contributed by atoms with Crippen molar-refractivity contribution in [1.82, 2.24) is 0 Å². The summed E-state index contributed by atoms with van der Waals surface area (Å²) in [6.45, 7) is 2.96. The minimum Gasteiger partial charge on any atom is -0.459 e. The van der Waals surface area contributed by atoms with Crippen molar-refractivity contribution in [2.24, 2.45) is 0 Å². The Labute approximate surface area is 121 Å². The second kappa shape index (κ2) is 8.50. The van der Waals surface area contributed by atoms with Crippen LogP contribution in [0.5, 0.6) is 0 Å². The zero-order chi connectivity index (χ0) is 15.0. The Morgan fingerprint density at radius 1 is 1.35 bits per heavy atom. The molecule has 0 spiro atoms. The van der Waals surface area contributed by atoms with Gasteiger partial charge in [-0.25, -0.2) is 4.79 Å². The van der Waals surface area contributed by atoms with Crippen LogP contribution in [-0.2, 0) is 9.47 Å². The van der Waals surface area contributed by atoms with E-state index in [0.29, 0.717) is 6.61 Å². The van der Waals surface area contributed by atoms with Gasteiger partial charge in [-0.2, -0.15) is 0 Å². The molecule has 1 aromatic rings. The molecule has 6 nitrogen and oxygen atoms in total. The molecule has 0 aromatic heterocycles. The predicted molar refractivity (Wildman–Crippen MR) is 74.1 cm³/mol. The highest BCUT2D eigenvalue weighted by atomic mass is 35.5. The monoisotopic (exact) mass is 301 g/mol. The van der Waals surface area contributed by atoms with Gasteiger partial charge in [0.05, 0.1) is 11.5 Å². The molecule has 110 valence electrons. The third kappa shape index (κ3) is 4.79. The lowest BCUT2D eigenvalue weighted by Crippen LogP contribution is -2.13. The molecule has 0 aliphatic heterocycles. The SMILES string of the molecule is CCCCOCCOC(=O)c1cccc(Cl)c1[N+](=O)[O-]. The number of rotatable bonds is 8. The van der Waals surface area contributed by atoms with Crippen LogP contribution in [0.25, 0.3) is 0 Å². The summed E-state index contributed by atoms with van der Waals surface area (Å²) in [6.07, 6.45) is 1.96. The Morgan fingerprint density at radius 2 is 2.10 bits per heavy atom. The summed E-state index contributed by atoms with van der Waals surface area (Å²) in [5.74, 6) is -0.779. The standard InChI is InChI=1S/C13H16ClNO5/c1-2-3-7-19-8-9-20-13(16)10-5-4-6-11(14)12(10)15(17)18/h4-6H,2-3,7-9H2,1H3. The van der Waals surface area contributed by atoms with E-state index < -0.39 is 16.6 Å². The summed E-state index contributed by atoms with van der Waals surface area (Å²) in [6, 6.07) is 4.12. The molecule has 0 N–H and O–H groups in total. The molecule has 7 heteroatoms. The molecule has 0 saturated carbocycles. The average molecular weight is 302 g/mol. The summed E-state index contributed by atoms with van der Waals surface area (Å²) < 4.78 is 10.2. The van der Waals surface area contributed by atoms with Gasteiger partial charge in [-0.3, -0.25) is 10.1 Å². The van der Waals surface area contributed by atoms with Gasteiger partial charge in [-0.05, 0) is 18.6 Å². The first kappa shape index (κ1) is 16.4.